The van der Waals surface area contributed by atoms with Gasteiger partial charge in [0.2, 0.25) is 5.91 Å². The molecule has 0 aliphatic carbocycles. The predicted octanol–water partition coefficient (Wildman–Crippen LogP) is 0.981. The Morgan fingerprint density at radius 2 is 2.00 bits per heavy atom. The second-order valence-electron chi connectivity index (χ2n) is 4.19. The van der Waals surface area contributed by atoms with Crippen molar-refractivity contribution in [1.82, 2.24) is 14.7 Å². The molecular formula is C11H15F2N3O3. The van der Waals surface area contributed by atoms with Crippen LogP contribution in [-0.2, 0) is 16.0 Å². The van der Waals surface area contributed by atoms with Crippen molar-refractivity contribution in [1.29, 1.82) is 0 Å². The smallest absolute Gasteiger partial charge is 0.333 e. The van der Waals surface area contributed by atoms with E-state index in [-0.39, 0.29) is 12.1 Å². The Morgan fingerprint density at radius 3 is 2.42 bits per heavy atom. The second-order valence-corrected chi connectivity index (χ2v) is 4.19. The first kappa shape index (κ1) is 15.1. The highest BCUT2D eigenvalue weighted by molar-refractivity contribution is 5.83. The number of aliphatic carboxylic acids is 1. The number of hydrogen-bond acceptors (Lipinski definition) is 3. The maximum atomic E-state index is 12.6. The summed E-state index contributed by atoms with van der Waals surface area (Å²) in [5.41, 5.74) is 0.960. The van der Waals surface area contributed by atoms with Gasteiger partial charge in [0, 0.05) is 18.3 Å². The number of halogens is 2. The van der Waals surface area contributed by atoms with Crippen molar-refractivity contribution in [3.8, 4) is 0 Å². The minimum atomic E-state index is -2.76. The van der Waals surface area contributed by atoms with Gasteiger partial charge in [0.25, 0.3) is 0 Å². The molecule has 6 nitrogen and oxygen atoms in total. The fraction of sp³-hybridized carbons (Fsp3) is 0.545. The summed E-state index contributed by atoms with van der Waals surface area (Å²) in [6.07, 6.45) is -0.145. The summed E-state index contributed by atoms with van der Waals surface area (Å²) in [5, 5.41) is 12.2. The van der Waals surface area contributed by atoms with Crippen molar-refractivity contribution in [2.75, 3.05) is 13.6 Å². The van der Waals surface area contributed by atoms with Crippen molar-refractivity contribution in [3.63, 3.8) is 0 Å². The third kappa shape index (κ3) is 3.49. The molecule has 8 heteroatoms. The van der Waals surface area contributed by atoms with E-state index in [1.54, 1.807) is 0 Å². The first-order valence-corrected chi connectivity index (χ1v) is 5.52. The number of nitrogens with zero attached hydrogens (tertiary/aromatic N) is 3. The molecule has 0 bridgehead atoms. The quantitative estimate of drug-likeness (QED) is 0.869. The summed E-state index contributed by atoms with van der Waals surface area (Å²) in [6, 6.07) is 0. The van der Waals surface area contributed by atoms with Crippen LogP contribution in [0.3, 0.4) is 0 Å². The number of alkyl halides is 2. The number of likely N-dealkylation sites (N-methyl/N-ethyl adjacent to an activating group) is 1. The van der Waals surface area contributed by atoms with E-state index in [0.717, 1.165) is 4.90 Å². The molecule has 1 amide bonds. The molecule has 0 radical (unpaired) electrons. The van der Waals surface area contributed by atoms with Crippen LogP contribution < -0.4 is 0 Å². The second kappa shape index (κ2) is 5.77. The lowest BCUT2D eigenvalue weighted by Gasteiger charge is -2.14. The molecule has 19 heavy (non-hydrogen) atoms. The van der Waals surface area contributed by atoms with Crippen LogP contribution in [0.4, 0.5) is 8.78 Å². The number of carbonyl (C=O) groups excluding carboxylic acids is 1. The molecule has 0 saturated heterocycles. The Bertz CT molecular complexity index is 500. The van der Waals surface area contributed by atoms with E-state index >= 15 is 0 Å². The predicted molar refractivity (Wildman–Crippen MR) is 61.9 cm³/mol. The first-order chi connectivity index (χ1) is 8.73. The van der Waals surface area contributed by atoms with Gasteiger partial charge >= 0.3 is 12.5 Å². The zero-order valence-corrected chi connectivity index (χ0v) is 10.9. The Morgan fingerprint density at radius 1 is 1.42 bits per heavy atom. The molecule has 1 N–H and O–H groups in total. The van der Waals surface area contributed by atoms with Crippen LogP contribution in [0.5, 0.6) is 0 Å². The third-order valence-corrected chi connectivity index (χ3v) is 2.79. The number of hydrogen-bond donors (Lipinski definition) is 1. The van der Waals surface area contributed by atoms with Gasteiger partial charge < -0.3 is 10.0 Å². The molecule has 1 heterocycles. The van der Waals surface area contributed by atoms with E-state index in [9.17, 15) is 18.4 Å². The number of amides is 1. The molecule has 0 aliphatic rings. The largest absolute Gasteiger partial charge is 0.480 e. The van der Waals surface area contributed by atoms with Crippen molar-refractivity contribution in [2.24, 2.45) is 0 Å². The van der Waals surface area contributed by atoms with Gasteiger partial charge in [-0.3, -0.25) is 9.59 Å². The van der Waals surface area contributed by atoms with Crippen LogP contribution in [0, 0.1) is 13.8 Å². The zero-order chi connectivity index (χ0) is 14.7. The van der Waals surface area contributed by atoms with E-state index in [0.29, 0.717) is 15.9 Å². The maximum Gasteiger partial charge on any atom is 0.333 e. The van der Waals surface area contributed by atoms with Gasteiger partial charge in [0.15, 0.2) is 0 Å². The van der Waals surface area contributed by atoms with E-state index in [1.165, 1.54) is 20.9 Å². The van der Waals surface area contributed by atoms with Crippen molar-refractivity contribution in [2.45, 2.75) is 26.8 Å². The van der Waals surface area contributed by atoms with Gasteiger partial charge in [0.1, 0.15) is 6.54 Å². The molecule has 0 atom stereocenters. The van der Waals surface area contributed by atoms with Gasteiger partial charge in [-0.2, -0.15) is 13.9 Å². The standard InChI is InChI=1S/C11H15F2N3O3/c1-6-8(7(2)16(14-6)11(12)13)4-9(17)15(3)5-10(18)19/h11H,4-5H2,1-3H3,(H,18,19). The number of carboxylic acids is 1. The summed E-state index contributed by atoms with van der Waals surface area (Å²) < 4.78 is 25.8. The first-order valence-electron chi connectivity index (χ1n) is 5.52. The summed E-state index contributed by atoms with van der Waals surface area (Å²) >= 11 is 0. The third-order valence-electron chi connectivity index (χ3n) is 2.79. The topological polar surface area (TPSA) is 75.4 Å². The zero-order valence-electron chi connectivity index (χ0n) is 10.9. The average Bonchev–Trinajstić information content (AvgIpc) is 2.56. The molecule has 106 valence electrons. The monoisotopic (exact) mass is 275 g/mol. The maximum absolute atomic E-state index is 12.6. The van der Waals surface area contributed by atoms with Gasteiger partial charge in [-0.25, -0.2) is 4.68 Å². The van der Waals surface area contributed by atoms with Crippen molar-refractivity contribution >= 4 is 11.9 Å². The van der Waals surface area contributed by atoms with Crippen molar-refractivity contribution < 1.29 is 23.5 Å². The molecular weight excluding hydrogens is 260 g/mol. The van der Waals surface area contributed by atoms with Crippen LogP contribution in [0.2, 0.25) is 0 Å². The highest BCUT2D eigenvalue weighted by Crippen LogP contribution is 2.20. The van der Waals surface area contributed by atoms with Crippen LogP contribution in [-0.4, -0.2) is 45.3 Å². The molecule has 0 saturated carbocycles. The number of carboxylic acid groups (broad SMARTS) is 1. The van der Waals surface area contributed by atoms with Gasteiger partial charge in [-0.05, 0) is 13.8 Å². The van der Waals surface area contributed by atoms with E-state index in [2.05, 4.69) is 5.10 Å². The Labute approximate surface area is 108 Å². The van der Waals surface area contributed by atoms with Gasteiger partial charge in [0.05, 0.1) is 12.1 Å². The lowest BCUT2D eigenvalue weighted by molar-refractivity contribution is -0.143. The summed E-state index contributed by atoms with van der Waals surface area (Å²) in [7, 11) is 1.35. The van der Waals surface area contributed by atoms with Crippen LogP contribution in [0.15, 0.2) is 0 Å². The fourth-order valence-electron chi connectivity index (χ4n) is 1.72. The normalized spacial score (nSPS) is 10.8. The van der Waals surface area contributed by atoms with Crippen molar-refractivity contribution in [3.05, 3.63) is 17.0 Å². The molecule has 1 aromatic heterocycles. The van der Waals surface area contributed by atoms with E-state index in [4.69, 9.17) is 5.11 Å². The van der Waals surface area contributed by atoms with Gasteiger partial charge in [-0.1, -0.05) is 0 Å². The number of aromatic nitrogens is 2. The highest BCUT2D eigenvalue weighted by Gasteiger charge is 2.21. The molecule has 0 unspecified atom stereocenters. The van der Waals surface area contributed by atoms with Crippen LogP contribution >= 0.6 is 0 Å². The van der Waals surface area contributed by atoms with Crippen LogP contribution in [0.25, 0.3) is 0 Å². The SMILES string of the molecule is Cc1nn(C(F)F)c(C)c1CC(=O)N(C)CC(=O)O. The lowest BCUT2D eigenvalue weighted by atomic mass is 10.1. The molecule has 1 rings (SSSR count). The number of aryl methyl sites for hydroxylation is 1. The summed E-state index contributed by atoms with van der Waals surface area (Å²) in [4.78, 5) is 23.3. The molecule has 0 aromatic carbocycles. The Balaban J connectivity index is 2.88. The molecule has 0 spiro atoms. The van der Waals surface area contributed by atoms with E-state index in [1.807, 2.05) is 0 Å². The average molecular weight is 275 g/mol. The number of rotatable bonds is 5. The molecule has 1 aromatic rings. The molecule has 0 fully saturated rings. The minimum absolute atomic E-state index is 0.145. The summed E-state index contributed by atoms with van der Waals surface area (Å²) in [5.74, 6) is -1.59. The Kier molecular flexibility index (Phi) is 4.57. The summed E-state index contributed by atoms with van der Waals surface area (Å²) in [6.45, 7) is -0.211. The van der Waals surface area contributed by atoms with E-state index < -0.39 is 25.0 Å². The highest BCUT2D eigenvalue weighted by atomic mass is 19.3. The van der Waals surface area contributed by atoms with Gasteiger partial charge in [-0.15, -0.1) is 0 Å². The van der Waals surface area contributed by atoms with Crippen LogP contribution in [0.1, 0.15) is 23.5 Å². The molecule has 0 aliphatic heterocycles. The Hall–Kier alpha value is -1.99. The minimum Gasteiger partial charge on any atom is -0.480 e. The lowest BCUT2D eigenvalue weighted by Crippen LogP contribution is -2.33. The number of carbonyl (C=O) groups is 2. The fourth-order valence-corrected chi connectivity index (χ4v) is 1.72.